The maximum absolute atomic E-state index is 12.1. The molecule has 0 atom stereocenters. The van der Waals surface area contributed by atoms with E-state index < -0.39 is 0 Å². The Hall–Kier alpha value is -2.67. The maximum atomic E-state index is 12.1. The lowest BCUT2D eigenvalue weighted by atomic mass is 10.2. The highest BCUT2D eigenvalue weighted by Gasteiger charge is 2.14. The zero-order chi connectivity index (χ0) is 17.5. The molecular formula is C18H19N5OS. The Kier molecular flexibility index (Phi) is 5.79. The molecule has 7 heteroatoms. The van der Waals surface area contributed by atoms with Crippen LogP contribution in [0.3, 0.4) is 0 Å². The van der Waals surface area contributed by atoms with Gasteiger partial charge in [-0.3, -0.25) is 9.78 Å². The third-order valence-electron chi connectivity index (χ3n) is 3.64. The van der Waals surface area contributed by atoms with Crippen molar-refractivity contribution in [3.63, 3.8) is 0 Å². The van der Waals surface area contributed by atoms with E-state index in [0.717, 1.165) is 28.7 Å². The van der Waals surface area contributed by atoms with E-state index >= 15 is 0 Å². The zero-order valence-corrected chi connectivity index (χ0v) is 14.7. The van der Waals surface area contributed by atoms with Crippen LogP contribution in [0.25, 0.3) is 11.4 Å². The van der Waals surface area contributed by atoms with Crippen molar-refractivity contribution in [2.75, 3.05) is 5.75 Å². The van der Waals surface area contributed by atoms with Crippen LogP contribution >= 0.6 is 11.8 Å². The number of hydrogen-bond donors (Lipinski definition) is 1. The number of benzene rings is 1. The molecule has 0 aliphatic carbocycles. The molecule has 0 aliphatic rings. The van der Waals surface area contributed by atoms with Crippen LogP contribution in [0.1, 0.15) is 12.5 Å². The average molecular weight is 353 g/mol. The highest BCUT2D eigenvalue weighted by Crippen LogP contribution is 2.23. The van der Waals surface area contributed by atoms with Crippen LogP contribution in [0.4, 0.5) is 0 Å². The quantitative estimate of drug-likeness (QED) is 0.661. The highest BCUT2D eigenvalue weighted by molar-refractivity contribution is 7.99. The number of hydrogen-bond acceptors (Lipinski definition) is 5. The SMILES string of the molecule is CCn1c(SCC(=O)NCc2ccccc2)nnc1-c1ccncc1. The van der Waals surface area contributed by atoms with Crippen molar-refractivity contribution >= 4 is 17.7 Å². The van der Waals surface area contributed by atoms with Gasteiger partial charge >= 0.3 is 0 Å². The largest absolute Gasteiger partial charge is 0.351 e. The van der Waals surface area contributed by atoms with Gasteiger partial charge in [0.1, 0.15) is 0 Å². The summed E-state index contributed by atoms with van der Waals surface area (Å²) in [6.07, 6.45) is 3.46. The number of nitrogens with zero attached hydrogens (tertiary/aromatic N) is 4. The van der Waals surface area contributed by atoms with Crippen LogP contribution in [-0.4, -0.2) is 31.4 Å². The minimum Gasteiger partial charge on any atom is -0.351 e. The van der Waals surface area contributed by atoms with Gasteiger partial charge in [-0.2, -0.15) is 0 Å². The van der Waals surface area contributed by atoms with Gasteiger partial charge in [0, 0.05) is 31.0 Å². The Balaban J connectivity index is 1.60. The first-order valence-corrected chi connectivity index (χ1v) is 9.03. The van der Waals surface area contributed by atoms with Gasteiger partial charge in [0.25, 0.3) is 0 Å². The summed E-state index contributed by atoms with van der Waals surface area (Å²) in [6.45, 7) is 3.30. The normalized spacial score (nSPS) is 10.6. The molecule has 0 aliphatic heterocycles. The second kappa shape index (κ2) is 8.43. The summed E-state index contributed by atoms with van der Waals surface area (Å²) in [5.41, 5.74) is 2.04. The number of thioether (sulfide) groups is 1. The van der Waals surface area contributed by atoms with E-state index in [-0.39, 0.29) is 5.91 Å². The van der Waals surface area contributed by atoms with Crippen LogP contribution in [0.2, 0.25) is 0 Å². The number of pyridine rings is 1. The Morgan fingerprint density at radius 2 is 1.88 bits per heavy atom. The molecule has 0 fully saturated rings. The van der Waals surface area contributed by atoms with E-state index in [2.05, 4.69) is 20.5 Å². The van der Waals surface area contributed by atoms with Crippen molar-refractivity contribution < 1.29 is 4.79 Å². The lowest BCUT2D eigenvalue weighted by Crippen LogP contribution is -2.24. The molecule has 0 bridgehead atoms. The van der Waals surface area contributed by atoms with E-state index in [1.54, 1.807) is 12.4 Å². The van der Waals surface area contributed by atoms with Gasteiger partial charge < -0.3 is 9.88 Å². The van der Waals surface area contributed by atoms with Crippen LogP contribution < -0.4 is 5.32 Å². The fourth-order valence-corrected chi connectivity index (χ4v) is 3.20. The smallest absolute Gasteiger partial charge is 0.230 e. The third-order valence-corrected chi connectivity index (χ3v) is 4.60. The first-order chi connectivity index (χ1) is 12.3. The Morgan fingerprint density at radius 3 is 2.60 bits per heavy atom. The molecular weight excluding hydrogens is 334 g/mol. The summed E-state index contributed by atoms with van der Waals surface area (Å²) in [5, 5.41) is 12.2. The molecule has 3 rings (SSSR count). The Labute approximate surface area is 150 Å². The molecule has 6 nitrogen and oxygen atoms in total. The fourth-order valence-electron chi connectivity index (χ4n) is 2.37. The van der Waals surface area contributed by atoms with Gasteiger partial charge in [-0.1, -0.05) is 42.1 Å². The summed E-state index contributed by atoms with van der Waals surface area (Å²) in [7, 11) is 0. The molecule has 1 amide bonds. The van der Waals surface area contributed by atoms with Crippen LogP contribution in [0.5, 0.6) is 0 Å². The molecule has 0 saturated heterocycles. The second-order valence-electron chi connectivity index (χ2n) is 5.34. The van der Waals surface area contributed by atoms with E-state index in [0.29, 0.717) is 12.3 Å². The lowest BCUT2D eigenvalue weighted by Gasteiger charge is -2.08. The molecule has 1 aromatic carbocycles. The first kappa shape index (κ1) is 17.2. The van der Waals surface area contributed by atoms with Gasteiger partial charge in [0.05, 0.1) is 5.75 Å². The van der Waals surface area contributed by atoms with Crippen molar-refractivity contribution in [2.45, 2.75) is 25.2 Å². The number of nitrogens with one attached hydrogen (secondary N) is 1. The summed E-state index contributed by atoms with van der Waals surface area (Å²) in [4.78, 5) is 16.1. The molecule has 0 spiro atoms. The van der Waals surface area contributed by atoms with E-state index in [1.165, 1.54) is 11.8 Å². The molecule has 0 unspecified atom stereocenters. The number of aromatic nitrogens is 4. The lowest BCUT2D eigenvalue weighted by molar-refractivity contribution is -0.118. The minimum absolute atomic E-state index is 0.0232. The monoisotopic (exact) mass is 353 g/mol. The molecule has 25 heavy (non-hydrogen) atoms. The van der Waals surface area contributed by atoms with Crippen LogP contribution in [0, 0.1) is 0 Å². The topological polar surface area (TPSA) is 72.7 Å². The fraction of sp³-hybridized carbons (Fsp3) is 0.222. The molecule has 2 aromatic heterocycles. The van der Waals surface area contributed by atoms with Gasteiger partial charge in [-0.15, -0.1) is 10.2 Å². The van der Waals surface area contributed by atoms with Crippen molar-refractivity contribution in [3.8, 4) is 11.4 Å². The predicted octanol–water partition coefficient (Wildman–Crippen LogP) is 2.77. The van der Waals surface area contributed by atoms with E-state index in [4.69, 9.17) is 0 Å². The van der Waals surface area contributed by atoms with Crippen molar-refractivity contribution in [1.82, 2.24) is 25.1 Å². The molecule has 0 radical (unpaired) electrons. The maximum Gasteiger partial charge on any atom is 0.230 e. The number of amides is 1. The Bertz CT molecular complexity index is 820. The van der Waals surface area contributed by atoms with E-state index in [1.807, 2.05) is 54.0 Å². The summed E-state index contributed by atoms with van der Waals surface area (Å²) < 4.78 is 2.00. The van der Waals surface area contributed by atoms with Gasteiger partial charge in [0.15, 0.2) is 11.0 Å². The molecule has 2 heterocycles. The summed E-state index contributed by atoms with van der Waals surface area (Å²) in [6, 6.07) is 13.7. The van der Waals surface area contributed by atoms with Crippen LogP contribution in [-0.2, 0) is 17.9 Å². The van der Waals surface area contributed by atoms with Gasteiger partial charge in [0.2, 0.25) is 5.91 Å². The molecule has 0 saturated carbocycles. The average Bonchev–Trinajstić information content (AvgIpc) is 3.09. The third kappa shape index (κ3) is 4.45. The predicted molar refractivity (Wildman–Crippen MR) is 97.9 cm³/mol. The van der Waals surface area contributed by atoms with Gasteiger partial charge in [-0.25, -0.2) is 0 Å². The molecule has 3 aromatic rings. The number of carbonyl (C=O) groups excluding carboxylic acids is 1. The van der Waals surface area contributed by atoms with Crippen molar-refractivity contribution in [3.05, 3.63) is 60.4 Å². The van der Waals surface area contributed by atoms with Crippen molar-refractivity contribution in [1.29, 1.82) is 0 Å². The highest BCUT2D eigenvalue weighted by atomic mass is 32.2. The molecule has 128 valence electrons. The molecule has 1 N–H and O–H groups in total. The van der Waals surface area contributed by atoms with Crippen LogP contribution in [0.15, 0.2) is 60.0 Å². The first-order valence-electron chi connectivity index (χ1n) is 8.05. The standard InChI is InChI=1S/C18H19N5OS/c1-2-23-17(15-8-10-19-11-9-15)21-22-18(23)25-13-16(24)20-12-14-6-4-3-5-7-14/h3-11H,2,12-13H2,1H3,(H,20,24). The summed E-state index contributed by atoms with van der Waals surface area (Å²) >= 11 is 1.39. The van der Waals surface area contributed by atoms with Gasteiger partial charge in [-0.05, 0) is 24.6 Å². The second-order valence-corrected chi connectivity index (χ2v) is 6.28. The van der Waals surface area contributed by atoms with Crippen molar-refractivity contribution in [2.24, 2.45) is 0 Å². The summed E-state index contributed by atoms with van der Waals surface area (Å²) in [5.74, 6) is 1.07. The van der Waals surface area contributed by atoms with E-state index in [9.17, 15) is 4.79 Å². The Morgan fingerprint density at radius 1 is 1.12 bits per heavy atom. The number of carbonyl (C=O) groups is 1. The minimum atomic E-state index is -0.0232. The zero-order valence-electron chi connectivity index (χ0n) is 13.9. The number of rotatable bonds is 7.